The number of amides is 1. The normalized spacial score (nSPS) is 10.3. The molecule has 1 amide bonds. The maximum absolute atomic E-state index is 12.0. The van der Waals surface area contributed by atoms with Gasteiger partial charge in [0, 0.05) is 19.4 Å². The number of hydrogen-bond acceptors (Lipinski definition) is 3. The van der Waals surface area contributed by atoms with Gasteiger partial charge in [-0.05, 0) is 25.5 Å². The van der Waals surface area contributed by atoms with Crippen LogP contribution in [0.15, 0.2) is 30.6 Å². The average molecular weight is 273 g/mol. The third-order valence-electron chi connectivity index (χ3n) is 3.05. The number of hydrogen-bond donors (Lipinski definition) is 1. The Labute approximate surface area is 118 Å². The largest absolute Gasteiger partial charge is 0.484 e. The number of H-pyrrole nitrogens is 1. The van der Waals surface area contributed by atoms with Gasteiger partial charge in [-0.15, -0.1) is 0 Å². The van der Waals surface area contributed by atoms with Crippen molar-refractivity contribution in [1.82, 2.24) is 14.9 Å². The molecule has 0 aliphatic rings. The zero-order valence-electron chi connectivity index (χ0n) is 12.0. The molecule has 0 saturated carbocycles. The van der Waals surface area contributed by atoms with Crippen molar-refractivity contribution >= 4 is 5.91 Å². The second kappa shape index (κ2) is 6.23. The van der Waals surface area contributed by atoms with Crippen LogP contribution in [0.2, 0.25) is 0 Å². The van der Waals surface area contributed by atoms with Crippen LogP contribution < -0.4 is 4.74 Å². The number of aromatic nitrogens is 2. The van der Waals surface area contributed by atoms with Gasteiger partial charge in [-0.2, -0.15) is 0 Å². The molecule has 1 heterocycles. The number of benzene rings is 1. The van der Waals surface area contributed by atoms with Crippen molar-refractivity contribution in [3.8, 4) is 5.75 Å². The van der Waals surface area contributed by atoms with Crippen molar-refractivity contribution < 1.29 is 9.53 Å². The molecule has 0 bridgehead atoms. The number of likely N-dealkylation sites (N-methyl/N-ethyl adjacent to an activating group) is 1. The lowest BCUT2D eigenvalue weighted by Crippen LogP contribution is -2.31. The fourth-order valence-corrected chi connectivity index (χ4v) is 1.91. The predicted octanol–water partition coefficient (Wildman–Crippen LogP) is 2.06. The van der Waals surface area contributed by atoms with Gasteiger partial charge in [-0.1, -0.05) is 17.7 Å². The molecule has 2 rings (SSSR count). The van der Waals surface area contributed by atoms with E-state index in [2.05, 4.69) is 9.97 Å². The maximum Gasteiger partial charge on any atom is 0.260 e. The van der Waals surface area contributed by atoms with E-state index in [1.807, 2.05) is 32.0 Å². The second-order valence-electron chi connectivity index (χ2n) is 4.84. The summed E-state index contributed by atoms with van der Waals surface area (Å²) < 4.78 is 5.57. The molecule has 0 aliphatic heterocycles. The molecule has 0 fully saturated rings. The van der Waals surface area contributed by atoms with Crippen molar-refractivity contribution in [2.75, 3.05) is 13.7 Å². The van der Waals surface area contributed by atoms with Crippen LogP contribution in [0.5, 0.6) is 5.75 Å². The van der Waals surface area contributed by atoms with E-state index in [1.54, 1.807) is 24.3 Å². The van der Waals surface area contributed by atoms with Crippen molar-refractivity contribution in [1.29, 1.82) is 0 Å². The highest BCUT2D eigenvalue weighted by molar-refractivity contribution is 5.77. The Balaban J connectivity index is 1.88. The summed E-state index contributed by atoms with van der Waals surface area (Å²) in [7, 11) is 1.73. The van der Waals surface area contributed by atoms with Crippen molar-refractivity contribution in [2.45, 2.75) is 20.4 Å². The van der Waals surface area contributed by atoms with Crippen LogP contribution in [0.1, 0.15) is 17.0 Å². The molecule has 5 nitrogen and oxygen atoms in total. The summed E-state index contributed by atoms with van der Waals surface area (Å²) in [4.78, 5) is 20.6. The molecule has 5 heteroatoms. The topological polar surface area (TPSA) is 58.2 Å². The number of carbonyl (C=O) groups is 1. The Hall–Kier alpha value is -2.30. The highest BCUT2D eigenvalue weighted by Crippen LogP contribution is 2.18. The van der Waals surface area contributed by atoms with Gasteiger partial charge in [0.25, 0.3) is 5.91 Å². The second-order valence-corrected chi connectivity index (χ2v) is 4.84. The Bertz CT molecular complexity index is 579. The lowest BCUT2D eigenvalue weighted by atomic mass is 10.1. The molecule has 2 aromatic rings. The lowest BCUT2D eigenvalue weighted by Gasteiger charge is -2.16. The quantitative estimate of drug-likeness (QED) is 0.907. The van der Waals surface area contributed by atoms with Gasteiger partial charge in [0.05, 0.1) is 6.54 Å². The molecule has 0 saturated heterocycles. The molecular formula is C15H19N3O2. The summed E-state index contributed by atoms with van der Waals surface area (Å²) >= 11 is 0. The third-order valence-corrected chi connectivity index (χ3v) is 3.05. The SMILES string of the molecule is Cc1ccc(OCC(=O)N(C)Cc2ncc[nH]2)c(C)c1. The van der Waals surface area contributed by atoms with Gasteiger partial charge < -0.3 is 14.6 Å². The standard InChI is InChI=1S/C15H19N3O2/c1-11-4-5-13(12(2)8-11)20-10-15(19)18(3)9-14-16-6-7-17-14/h4-8H,9-10H2,1-3H3,(H,16,17). The van der Waals surface area contributed by atoms with Crippen molar-refractivity contribution in [2.24, 2.45) is 0 Å². The Morgan fingerprint density at radius 1 is 1.40 bits per heavy atom. The first kappa shape index (κ1) is 14.1. The molecule has 0 atom stereocenters. The highest BCUT2D eigenvalue weighted by Gasteiger charge is 2.11. The molecule has 20 heavy (non-hydrogen) atoms. The van der Waals surface area contributed by atoms with E-state index in [9.17, 15) is 4.79 Å². The summed E-state index contributed by atoms with van der Waals surface area (Å²) in [6.07, 6.45) is 3.40. The first-order chi connectivity index (χ1) is 9.56. The van der Waals surface area contributed by atoms with Crippen LogP contribution in [-0.2, 0) is 11.3 Å². The Morgan fingerprint density at radius 3 is 2.85 bits per heavy atom. The average Bonchev–Trinajstić information content (AvgIpc) is 2.90. The minimum Gasteiger partial charge on any atom is -0.484 e. The van der Waals surface area contributed by atoms with E-state index in [0.29, 0.717) is 6.54 Å². The van der Waals surface area contributed by atoms with Gasteiger partial charge in [-0.25, -0.2) is 4.98 Å². The zero-order valence-corrected chi connectivity index (χ0v) is 12.0. The Kier molecular flexibility index (Phi) is 4.40. The van der Waals surface area contributed by atoms with Gasteiger partial charge in [-0.3, -0.25) is 4.79 Å². The zero-order chi connectivity index (χ0) is 14.5. The van der Waals surface area contributed by atoms with E-state index in [-0.39, 0.29) is 12.5 Å². The third kappa shape index (κ3) is 3.60. The molecule has 0 unspecified atom stereocenters. The van der Waals surface area contributed by atoms with Crippen LogP contribution >= 0.6 is 0 Å². The van der Waals surface area contributed by atoms with Crippen LogP contribution in [0.25, 0.3) is 0 Å². The summed E-state index contributed by atoms with van der Waals surface area (Å²) in [5, 5.41) is 0. The van der Waals surface area contributed by atoms with Gasteiger partial charge >= 0.3 is 0 Å². The lowest BCUT2D eigenvalue weighted by molar-refractivity contribution is -0.132. The van der Waals surface area contributed by atoms with Crippen molar-refractivity contribution in [3.05, 3.63) is 47.5 Å². The van der Waals surface area contributed by atoms with E-state index in [0.717, 1.165) is 17.1 Å². The molecule has 0 radical (unpaired) electrons. The summed E-state index contributed by atoms with van der Waals surface area (Å²) in [5.74, 6) is 1.42. The van der Waals surface area contributed by atoms with Gasteiger partial charge in [0.15, 0.2) is 6.61 Å². The molecular weight excluding hydrogens is 254 g/mol. The maximum atomic E-state index is 12.0. The van der Waals surface area contributed by atoms with Crippen LogP contribution in [0.4, 0.5) is 0 Å². The predicted molar refractivity (Wildman–Crippen MR) is 76.5 cm³/mol. The summed E-state index contributed by atoms with van der Waals surface area (Å²) in [5.41, 5.74) is 2.21. The molecule has 1 N–H and O–H groups in total. The van der Waals surface area contributed by atoms with Crippen LogP contribution in [-0.4, -0.2) is 34.4 Å². The summed E-state index contributed by atoms with van der Waals surface area (Å²) in [6.45, 7) is 4.47. The fourth-order valence-electron chi connectivity index (χ4n) is 1.91. The number of aromatic amines is 1. The number of nitrogens with one attached hydrogen (secondary N) is 1. The molecule has 1 aromatic heterocycles. The van der Waals surface area contributed by atoms with E-state index < -0.39 is 0 Å². The number of rotatable bonds is 5. The number of imidazole rings is 1. The minimum atomic E-state index is -0.0821. The number of carbonyl (C=O) groups excluding carboxylic acids is 1. The minimum absolute atomic E-state index is 0.0289. The first-order valence-corrected chi connectivity index (χ1v) is 6.48. The summed E-state index contributed by atoms with van der Waals surface area (Å²) in [6, 6.07) is 5.90. The van der Waals surface area contributed by atoms with Gasteiger partial charge in [0.1, 0.15) is 11.6 Å². The highest BCUT2D eigenvalue weighted by atomic mass is 16.5. The van der Waals surface area contributed by atoms with Crippen molar-refractivity contribution in [3.63, 3.8) is 0 Å². The fraction of sp³-hybridized carbons (Fsp3) is 0.333. The van der Waals surface area contributed by atoms with E-state index >= 15 is 0 Å². The number of aryl methyl sites for hydroxylation is 2. The number of ether oxygens (including phenoxy) is 1. The monoisotopic (exact) mass is 273 g/mol. The first-order valence-electron chi connectivity index (χ1n) is 6.48. The molecule has 0 spiro atoms. The van der Waals surface area contributed by atoms with Crippen LogP contribution in [0.3, 0.4) is 0 Å². The molecule has 1 aromatic carbocycles. The van der Waals surface area contributed by atoms with E-state index in [4.69, 9.17) is 4.74 Å². The van der Waals surface area contributed by atoms with Gasteiger partial charge in [0.2, 0.25) is 0 Å². The number of nitrogens with zero attached hydrogens (tertiary/aromatic N) is 2. The Morgan fingerprint density at radius 2 is 2.20 bits per heavy atom. The van der Waals surface area contributed by atoms with Crippen LogP contribution in [0, 0.1) is 13.8 Å². The smallest absolute Gasteiger partial charge is 0.260 e. The van der Waals surface area contributed by atoms with E-state index in [1.165, 1.54) is 5.56 Å². The molecule has 106 valence electrons. The molecule has 0 aliphatic carbocycles.